The molecule has 30 heavy (non-hydrogen) atoms. The Morgan fingerprint density at radius 2 is 1.80 bits per heavy atom. The van der Waals surface area contributed by atoms with Crippen LogP contribution in [0.25, 0.3) is 0 Å². The van der Waals surface area contributed by atoms with Crippen molar-refractivity contribution in [3.8, 4) is 5.75 Å². The van der Waals surface area contributed by atoms with E-state index in [2.05, 4.69) is 0 Å². The number of nitro benzene ring substituents is 1. The van der Waals surface area contributed by atoms with Gasteiger partial charge in [0.2, 0.25) is 15.9 Å². The monoisotopic (exact) mass is 453 g/mol. The SMILES string of the molecule is O=C(CCOc1cccc(Cl)c1)N1CCN(S(=O)(=O)c2ccccc2[N+](=O)[O-])CC1. The minimum atomic E-state index is -4.03. The summed E-state index contributed by atoms with van der Waals surface area (Å²) in [6.07, 6.45) is 0.142. The van der Waals surface area contributed by atoms with E-state index in [-0.39, 0.29) is 50.0 Å². The maximum absolute atomic E-state index is 12.8. The topological polar surface area (TPSA) is 110 Å². The molecule has 0 bridgehead atoms. The van der Waals surface area contributed by atoms with Crippen molar-refractivity contribution in [2.75, 3.05) is 32.8 Å². The summed E-state index contributed by atoms with van der Waals surface area (Å²) in [5, 5.41) is 11.7. The largest absolute Gasteiger partial charge is 0.493 e. The molecular weight excluding hydrogens is 434 g/mol. The first-order valence-corrected chi connectivity index (χ1v) is 11.0. The van der Waals surface area contributed by atoms with E-state index in [0.717, 1.165) is 6.07 Å². The average molecular weight is 454 g/mol. The molecule has 2 aromatic carbocycles. The second-order valence-corrected chi connectivity index (χ2v) is 8.91. The number of rotatable bonds is 7. The first-order chi connectivity index (χ1) is 14.3. The fourth-order valence-electron chi connectivity index (χ4n) is 3.11. The van der Waals surface area contributed by atoms with Crippen molar-refractivity contribution >= 4 is 33.2 Å². The van der Waals surface area contributed by atoms with Crippen molar-refractivity contribution in [3.63, 3.8) is 0 Å². The van der Waals surface area contributed by atoms with Gasteiger partial charge in [0, 0.05) is 37.3 Å². The number of halogens is 1. The van der Waals surface area contributed by atoms with E-state index in [4.69, 9.17) is 16.3 Å². The number of hydrogen-bond acceptors (Lipinski definition) is 6. The summed E-state index contributed by atoms with van der Waals surface area (Å²) in [7, 11) is -4.03. The molecule has 3 rings (SSSR count). The van der Waals surface area contributed by atoms with Crippen molar-refractivity contribution in [1.82, 2.24) is 9.21 Å². The number of carbonyl (C=O) groups excluding carboxylic acids is 1. The zero-order chi connectivity index (χ0) is 21.7. The lowest BCUT2D eigenvalue weighted by Crippen LogP contribution is -2.50. The Bertz CT molecular complexity index is 1040. The van der Waals surface area contributed by atoms with Crippen LogP contribution in [-0.4, -0.2) is 61.2 Å². The van der Waals surface area contributed by atoms with Crippen LogP contribution in [-0.2, 0) is 14.8 Å². The van der Waals surface area contributed by atoms with Gasteiger partial charge in [-0.3, -0.25) is 14.9 Å². The average Bonchev–Trinajstić information content (AvgIpc) is 2.74. The van der Waals surface area contributed by atoms with Gasteiger partial charge in [0.1, 0.15) is 5.75 Å². The van der Waals surface area contributed by atoms with Gasteiger partial charge < -0.3 is 9.64 Å². The number of sulfonamides is 1. The number of nitrogens with zero attached hydrogens (tertiary/aromatic N) is 3. The van der Waals surface area contributed by atoms with Crippen molar-refractivity contribution in [2.24, 2.45) is 0 Å². The summed E-state index contributed by atoms with van der Waals surface area (Å²) in [4.78, 5) is 24.1. The molecule has 0 spiro atoms. The highest BCUT2D eigenvalue weighted by Crippen LogP contribution is 2.27. The van der Waals surface area contributed by atoms with Gasteiger partial charge in [-0.25, -0.2) is 8.42 Å². The Labute approximate surface area is 179 Å². The molecule has 9 nitrogen and oxygen atoms in total. The molecule has 2 aromatic rings. The maximum atomic E-state index is 12.8. The van der Waals surface area contributed by atoms with E-state index >= 15 is 0 Å². The number of para-hydroxylation sites is 1. The third-order valence-corrected chi connectivity index (χ3v) is 6.83. The van der Waals surface area contributed by atoms with Crippen LogP contribution in [0.2, 0.25) is 5.02 Å². The highest BCUT2D eigenvalue weighted by Gasteiger charge is 2.34. The molecule has 0 unspecified atom stereocenters. The van der Waals surface area contributed by atoms with Gasteiger partial charge in [-0.1, -0.05) is 29.8 Å². The zero-order valence-electron chi connectivity index (χ0n) is 15.9. The Morgan fingerprint density at radius 1 is 1.10 bits per heavy atom. The van der Waals surface area contributed by atoms with Gasteiger partial charge in [-0.05, 0) is 24.3 Å². The molecule has 1 aliphatic heterocycles. The minimum absolute atomic E-state index is 0.0648. The smallest absolute Gasteiger partial charge is 0.289 e. The van der Waals surface area contributed by atoms with Crippen LogP contribution in [0, 0.1) is 10.1 Å². The summed E-state index contributed by atoms with van der Waals surface area (Å²) in [6, 6.07) is 12.1. The molecule has 0 atom stereocenters. The molecule has 0 radical (unpaired) electrons. The molecule has 1 fully saturated rings. The van der Waals surface area contributed by atoms with E-state index in [0.29, 0.717) is 10.8 Å². The molecule has 11 heteroatoms. The van der Waals surface area contributed by atoms with E-state index in [1.54, 1.807) is 29.2 Å². The van der Waals surface area contributed by atoms with Crippen LogP contribution in [0.4, 0.5) is 5.69 Å². The number of piperazine rings is 1. The molecule has 0 N–H and O–H groups in total. The minimum Gasteiger partial charge on any atom is -0.493 e. The maximum Gasteiger partial charge on any atom is 0.289 e. The number of amides is 1. The predicted molar refractivity (Wildman–Crippen MR) is 110 cm³/mol. The standard InChI is InChI=1S/C19H20ClN3O6S/c20-15-4-3-5-16(14-15)29-13-8-19(24)21-9-11-22(12-10-21)30(27,28)18-7-2-1-6-17(18)23(25)26/h1-7,14H,8-13H2. The summed E-state index contributed by atoms with van der Waals surface area (Å²) in [6.45, 7) is 0.712. The molecule has 1 amide bonds. The van der Waals surface area contributed by atoms with Crippen LogP contribution >= 0.6 is 11.6 Å². The lowest BCUT2D eigenvalue weighted by molar-refractivity contribution is -0.387. The summed E-state index contributed by atoms with van der Waals surface area (Å²) in [5.41, 5.74) is -0.464. The van der Waals surface area contributed by atoms with E-state index in [1.165, 1.54) is 22.5 Å². The number of hydrogen-bond donors (Lipinski definition) is 0. The molecule has 1 aliphatic rings. The van der Waals surface area contributed by atoms with Crippen LogP contribution < -0.4 is 4.74 Å². The van der Waals surface area contributed by atoms with Crippen molar-refractivity contribution in [3.05, 3.63) is 63.7 Å². The summed E-state index contributed by atoms with van der Waals surface area (Å²) < 4.78 is 32.3. The van der Waals surface area contributed by atoms with Crippen LogP contribution in [0.1, 0.15) is 6.42 Å². The number of carbonyl (C=O) groups is 1. The molecule has 1 heterocycles. The third kappa shape index (κ3) is 5.07. The van der Waals surface area contributed by atoms with Crippen molar-refractivity contribution < 1.29 is 22.9 Å². The zero-order valence-corrected chi connectivity index (χ0v) is 17.5. The Balaban J connectivity index is 1.55. The molecule has 0 aromatic heterocycles. The summed E-state index contributed by atoms with van der Waals surface area (Å²) >= 11 is 5.88. The van der Waals surface area contributed by atoms with Gasteiger partial charge in [0.15, 0.2) is 4.90 Å². The first kappa shape index (κ1) is 22.0. The number of ether oxygens (including phenoxy) is 1. The Kier molecular flexibility index (Phi) is 6.91. The molecular formula is C19H20ClN3O6S. The van der Waals surface area contributed by atoms with Crippen LogP contribution in [0.15, 0.2) is 53.4 Å². The lowest BCUT2D eigenvalue weighted by atomic mass is 10.3. The fraction of sp³-hybridized carbons (Fsp3) is 0.316. The third-order valence-electron chi connectivity index (χ3n) is 4.65. The van der Waals surface area contributed by atoms with Gasteiger partial charge in [-0.2, -0.15) is 4.31 Å². The number of nitro groups is 1. The molecule has 160 valence electrons. The van der Waals surface area contributed by atoms with Gasteiger partial charge in [-0.15, -0.1) is 0 Å². The second kappa shape index (κ2) is 9.41. The first-order valence-electron chi connectivity index (χ1n) is 9.19. The predicted octanol–water partition coefficient (Wildman–Crippen LogP) is 2.55. The fourth-order valence-corrected chi connectivity index (χ4v) is 4.87. The highest BCUT2D eigenvalue weighted by molar-refractivity contribution is 7.89. The van der Waals surface area contributed by atoms with E-state index < -0.39 is 20.6 Å². The van der Waals surface area contributed by atoms with Crippen LogP contribution in [0.5, 0.6) is 5.75 Å². The Morgan fingerprint density at radius 3 is 2.47 bits per heavy atom. The van der Waals surface area contributed by atoms with E-state index in [9.17, 15) is 23.3 Å². The van der Waals surface area contributed by atoms with Crippen molar-refractivity contribution in [1.29, 1.82) is 0 Å². The van der Waals surface area contributed by atoms with Gasteiger partial charge >= 0.3 is 0 Å². The van der Waals surface area contributed by atoms with Gasteiger partial charge in [0.25, 0.3) is 5.69 Å². The van der Waals surface area contributed by atoms with Gasteiger partial charge in [0.05, 0.1) is 18.0 Å². The second-order valence-electron chi connectivity index (χ2n) is 6.57. The van der Waals surface area contributed by atoms with E-state index in [1.807, 2.05) is 0 Å². The molecule has 1 saturated heterocycles. The molecule has 0 aliphatic carbocycles. The quantitative estimate of drug-likeness (QED) is 0.470. The van der Waals surface area contributed by atoms with Crippen LogP contribution in [0.3, 0.4) is 0 Å². The Hall–Kier alpha value is -2.69. The van der Waals surface area contributed by atoms with Crippen molar-refractivity contribution in [2.45, 2.75) is 11.3 Å². The normalized spacial score (nSPS) is 15.0. The highest BCUT2D eigenvalue weighted by atomic mass is 35.5. The lowest BCUT2D eigenvalue weighted by Gasteiger charge is -2.34. The number of benzene rings is 2. The summed E-state index contributed by atoms with van der Waals surface area (Å²) in [5.74, 6) is 0.412. The molecule has 0 saturated carbocycles.